The minimum absolute atomic E-state index is 1.12. The molecule has 40 heavy (non-hydrogen) atoms. The number of hydrogen-bond donors (Lipinski definition) is 0. The van der Waals surface area contributed by atoms with Crippen LogP contribution in [0.5, 0.6) is 0 Å². The molecule has 3 heteroatoms. The monoisotopic (exact) mass is 532 g/mol. The molecule has 0 atom stereocenters. The van der Waals surface area contributed by atoms with Gasteiger partial charge in [-0.1, -0.05) is 66.7 Å². The lowest BCUT2D eigenvalue weighted by Gasteiger charge is -2.28. The van der Waals surface area contributed by atoms with Gasteiger partial charge in [0.1, 0.15) is 0 Å². The maximum absolute atomic E-state index is 2.34. The maximum Gasteiger partial charge on any atom is 0.0468 e. The molecule has 1 heterocycles. The largest absolute Gasteiger partial charge is 0.310 e. The zero-order valence-electron chi connectivity index (χ0n) is 22.2. The average Bonchev–Trinajstić information content (AvgIpc) is 3.38. The molecule has 0 unspecified atom stereocenters. The van der Waals surface area contributed by atoms with Crippen LogP contribution in [0.4, 0.5) is 34.1 Å². The molecule has 1 aromatic heterocycles. The molecular formula is C37H28N2S. The van der Waals surface area contributed by atoms with Crippen LogP contribution in [0.2, 0.25) is 0 Å². The molecule has 0 aliphatic heterocycles. The number of rotatable bonds is 6. The van der Waals surface area contributed by atoms with Crippen molar-refractivity contribution in [3.8, 4) is 0 Å². The van der Waals surface area contributed by atoms with Crippen LogP contribution in [-0.2, 0) is 0 Å². The summed E-state index contributed by atoms with van der Waals surface area (Å²) in [4.78, 5) is 4.66. The highest BCUT2D eigenvalue weighted by molar-refractivity contribution is 7.25. The lowest BCUT2D eigenvalue weighted by molar-refractivity contribution is 1.25. The summed E-state index contributed by atoms with van der Waals surface area (Å²) in [5.41, 5.74) is 8.03. The predicted octanol–water partition coefficient (Wildman–Crippen LogP) is 11.3. The fraction of sp³-hybridized carbons (Fsp3) is 0.0270. The summed E-state index contributed by atoms with van der Waals surface area (Å²) in [5.74, 6) is 0. The van der Waals surface area contributed by atoms with E-state index in [1.807, 2.05) is 11.3 Å². The van der Waals surface area contributed by atoms with Crippen LogP contribution < -0.4 is 9.80 Å². The fourth-order valence-electron chi connectivity index (χ4n) is 5.42. The summed E-state index contributed by atoms with van der Waals surface area (Å²) in [6.45, 7) is 2.14. The number of para-hydroxylation sites is 2. The quantitative estimate of drug-likeness (QED) is 0.210. The highest BCUT2D eigenvalue weighted by Gasteiger charge is 2.17. The molecule has 0 aliphatic rings. The van der Waals surface area contributed by atoms with Crippen molar-refractivity contribution in [1.82, 2.24) is 0 Å². The van der Waals surface area contributed by atoms with Gasteiger partial charge in [-0.2, -0.15) is 0 Å². The van der Waals surface area contributed by atoms with Crippen molar-refractivity contribution in [2.75, 3.05) is 9.80 Å². The Hall–Kier alpha value is -4.86. The minimum Gasteiger partial charge on any atom is -0.310 e. The third kappa shape index (κ3) is 4.51. The van der Waals surface area contributed by atoms with E-state index in [4.69, 9.17) is 0 Å². The van der Waals surface area contributed by atoms with E-state index in [1.54, 1.807) is 0 Å². The summed E-state index contributed by atoms with van der Waals surface area (Å²) in [6.07, 6.45) is 0. The first-order valence-electron chi connectivity index (χ1n) is 13.5. The third-order valence-electron chi connectivity index (χ3n) is 7.27. The normalized spacial score (nSPS) is 11.1. The Balaban J connectivity index is 1.34. The van der Waals surface area contributed by atoms with Gasteiger partial charge in [-0.05, 0) is 97.4 Å². The van der Waals surface area contributed by atoms with E-state index < -0.39 is 0 Å². The highest BCUT2D eigenvalue weighted by Crippen LogP contribution is 2.42. The van der Waals surface area contributed by atoms with Crippen LogP contribution in [-0.4, -0.2) is 0 Å². The molecule has 0 saturated heterocycles. The van der Waals surface area contributed by atoms with Crippen molar-refractivity contribution in [2.45, 2.75) is 6.92 Å². The van der Waals surface area contributed by atoms with E-state index in [0.717, 1.165) is 34.1 Å². The van der Waals surface area contributed by atoms with Crippen molar-refractivity contribution < 1.29 is 0 Å². The van der Waals surface area contributed by atoms with Crippen LogP contribution in [0.25, 0.3) is 20.2 Å². The topological polar surface area (TPSA) is 6.48 Å². The number of nitrogens with zero attached hydrogens (tertiary/aromatic N) is 2. The predicted molar refractivity (Wildman–Crippen MR) is 173 cm³/mol. The van der Waals surface area contributed by atoms with Gasteiger partial charge in [0.15, 0.2) is 0 Å². The summed E-state index contributed by atoms with van der Waals surface area (Å²) in [7, 11) is 0. The molecular weight excluding hydrogens is 504 g/mol. The first kappa shape index (κ1) is 24.2. The number of aryl methyl sites for hydroxylation is 1. The SMILES string of the molecule is Cc1cccc(N(c2ccccc2)c2ccc(N(c3ccccc3)c3ccc4sc5ccccc5c4c3)cc2)c1. The van der Waals surface area contributed by atoms with Crippen LogP contribution in [0, 0.1) is 6.92 Å². The van der Waals surface area contributed by atoms with Crippen molar-refractivity contribution in [2.24, 2.45) is 0 Å². The number of fused-ring (bicyclic) bond motifs is 3. The van der Waals surface area contributed by atoms with Gasteiger partial charge < -0.3 is 9.80 Å². The Morgan fingerprint density at radius 2 is 0.850 bits per heavy atom. The highest BCUT2D eigenvalue weighted by atomic mass is 32.1. The average molecular weight is 533 g/mol. The number of thiophene rings is 1. The molecule has 0 N–H and O–H groups in total. The van der Waals surface area contributed by atoms with Gasteiger partial charge in [-0.25, -0.2) is 0 Å². The maximum atomic E-state index is 2.34. The van der Waals surface area contributed by atoms with E-state index in [2.05, 4.69) is 168 Å². The first-order valence-corrected chi connectivity index (χ1v) is 14.3. The summed E-state index contributed by atoms with van der Waals surface area (Å²) in [5, 5.41) is 2.61. The van der Waals surface area contributed by atoms with Gasteiger partial charge in [0.05, 0.1) is 0 Å². The van der Waals surface area contributed by atoms with E-state index in [1.165, 1.54) is 25.7 Å². The van der Waals surface area contributed by atoms with Crippen molar-refractivity contribution >= 4 is 65.6 Å². The summed E-state index contributed by atoms with van der Waals surface area (Å²) < 4.78 is 2.63. The lowest BCUT2D eigenvalue weighted by Crippen LogP contribution is -2.12. The molecule has 0 radical (unpaired) electrons. The first-order chi connectivity index (χ1) is 19.7. The fourth-order valence-corrected chi connectivity index (χ4v) is 6.51. The number of benzene rings is 6. The minimum atomic E-state index is 1.12. The van der Waals surface area contributed by atoms with Gasteiger partial charge in [0, 0.05) is 54.3 Å². The van der Waals surface area contributed by atoms with Crippen molar-refractivity contribution in [3.05, 3.63) is 157 Å². The smallest absolute Gasteiger partial charge is 0.0468 e. The van der Waals surface area contributed by atoms with Gasteiger partial charge in [-0.15, -0.1) is 11.3 Å². The molecule has 0 spiro atoms. The van der Waals surface area contributed by atoms with Crippen molar-refractivity contribution in [3.63, 3.8) is 0 Å². The Kier molecular flexibility index (Phi) is 6.27. The molecule has 7 rings (SSSR count). The molecule has 6 aromatic carbocycles. The summed E-state index contributed by atoms with van der Waals surface area (Å²) >= 11 is 1.85. The van der Waals surface area contributed by atoms with E-state index in [0.29, 0.717) is 0 Å². The van der Waals surface area contributed by atoms with E-state index in [-0.39, 0.29) is 0 Å². The Bertz CT molecular complexity index is 1910. The van der Waals surface area contributed by atoms with E-state index in [9.17, 15) is 0 Å². The van der Waals surface area contributed by atoms with Gasteiger partial charge >= 0.3 is 0 Å². The molecule has 0 bridgehead atoms. The standard InChI is InChI=1S/C37H28N2S/c1-27-11-10-16-32(25-27)38(28-12-4-2-5-13-28)30-19-21-31(22-20-30)39(29-14-6-3-7-15-29)33-23-24-37-35(26-33)34-17-8-9-18-36(34)40-37/h2-26H,1H3. The second-order valence-electron chi connectivity index (χ2n) is 9.98. The molecule has 7 aromatic rings. The van der Waals surface area contributed by atoms with Crippen LogP contribution in [0.1, 0.15) is 5.56 Å². The van der Waals surface area contributed by atoms with Gasteiger partial charge in [0.2, 0.25) is 0 Å². The Morgan fingerprint density at radius 3 is 1.48 bits per heavy atom. The molecule has 0 saturated carbocycles. The van der Waals surface area contributed by atoms with Crippen LogP contribution >= 0.6 is 11.3 Å². The van der Waals surface area contributed by atoms with Gasteiger partial charge in [0.25, 0.3) is 0 Å². The van der Waals surface area contributed by atoms with Crippen LogP contribution in [0.3, 0.4) is 0 Å². The summed E-state index contributed by atoms with van der Waals surface area (Å²) in [6, 6.07) is 54.2. The number of hydrogen-bond acceptors (Lipinski definition) is 3. The molecule has 0 aliphatic carbocycles. The Labute approximate surface area is 239 Å². The molecule has 192 valence electrons. The van der Waals surface area contributed by atoms with Gasteiger partial charge in [-0.3, -0.25) is 0 Å². The molecule has 0 amide bonds. The zero-order chi connectivity index (χ0) is 26.9. The lowest BCUT2D eigenvalue weighted by atomic mass is 10.1. The van der Waals surface area contributed by atoms with Crippen LogP contribution in [0.15, 0.2) is 152 Å². The number of anilines is 6. The molecule has 0 fully saturated rings. The van der Waals surface area contributed by atoms with E-state index >= 15 is 0 Å². The zero-order valence-corrected chi connectivity index (χ0v) is 23.1. The molecule has 2 nitrogen and oxygen atoms in total. The third-order valence-corrected chi connectivity index (χ3v) is 8.43. The second kappa shape index (κ2) is 10.4. The Morgan fingerprint density at radius 1 is 0.375 bits per heavy atom. The second-order valence-corrected chi connectivity index (χ2v) is 11.1. The van der Waals surface area contributed by atoms with Crippen molar-refractivity contribution in [1.29, 1.82) is 0 Å².